The standard InChI is InChI=1S/C13H20O2S/c1-4-11(2)7-8-12(3)10-16-9-5-6-13(14)15/h4,7-8,10H,5-6,9H2,1-3H3,(H,14,15)/b8-7-,11-4-,12-10+. The molecular weight excluding hydrogens is 220 g/mol. The van der Waals surface area contributed by atoms with Crippen molar-refractivity contribution in [2.45, 2.75) is 33.6 Å². The molecule has 0 heterocycles. The summed E-state index contributed by atoms with van der Waals surface area (Å²) in [6.07, 6.45) is 7.18. The first-order valence-corrected chi connectivity index (χ1v) is 6.42. The fourth-order valence-corrected chi connectivity index (χ4v) is 1.67. The molecule has 0 rings (SSSR count). The molecule has 0 aromatic rings. The van der Waals surface area contributed by atoms with Crippen LogP contribution in [0.1, 0.15) is 33.6 Å². The van der Waals surface area contributed by atoms with E-state index in [1.807, 2.05) is 13.8 Å². The highest BCUT2D eigenvalue weighted by molar-refractivity contribution is 8.02. The summed E-state index contributed by atoms with van der Waals surface area (Å²) in [5.41, 5.74) is 2.44. The molecule has 0 unspecified atom stereocenters. The van der Waals surface area contributed by atoms with Gasteiger partial charge in [0.15, 0.2) is 0 Å². The van der Waals surface area contributed by atoms with Crippen LogP contribution in [0.2, 0.25) is 0 Å². The van der Waals surface area contributed by atoms with E-state index in [1.165, 1.54) is 11.1 Å². The molecule has 3 heteroatoms. The lowest BCUT2D eigenvalue weighted by Gasteiger charge is -1.95. The Bertz CT molecular complexity index is 301. The van der Waals surface area contributed by atoms with Gasteiger partial charge in [-0.15, -0.1) is 11.8 Å². The smallest absolute Gasteiger partial charge is 0.303 e. The monoisotopic (exact) mass is 240 g/mol. The van der Waals surface area contributed by atoms with E-state index in [1.54, 1.807) is 11.8 Å². The van der Waals surface area contributed by atoms with Gasteiger partial charge in [0.25, 0.3) is 0 Å². The Labute approximate surface area is 102 Å². The molecule has 0 atom stereocenters. The third kappa shape index (κ3) is 9.59. The van der Waals surface area contributed by atoms with Crippen LogP contribution in [0, 0.1) is 0 Å². The molecule has 0 amide bonds. The number of carbonyl (C=O) groups is 1. The number of aliphatic carboxylic acids is 1. The maximum absolute atomic E-state index is 10.3. The number of thioether (sulfide) groups is 1. The van der Waals surface area contributed by atoms with Crippen LogP contribution < -0.4 is 0 Å². The van der Waals surface area contributed by atoms with Crippen molar-refractivity contribution in [1.82, 2.24) is 0 Å². The molecule has 0 fully saturated rings. The van der Waals surface area contributed by atoms with Gasteiger partial charge in [0.2, 0.25) is 0 Å². The lowest BCUT2D eigenvalue weighted by atomic mass is 10.2. The number of rotatable bonds is 7. The van der Waals surface area contributed by atoms with Gasteiger partial charge in [0.05, 0.1) is 0 Å². The van der Waals surface area contributed by atoms with Crippen LogP contribution in [-0.4, -0.2) is 16.8 Å². The molecule has 1 N–H and O–H groups in total. The van der Waals surface area contributed by atoms with Crippen molar-refractivity contribution < 1.29 is 9.90 Å². The summed E-state index contributed by atoms with van der Waals surface area (Å²) in [5, 5.41) is 10.5. The van der Waals surface area contributed by atoms with E-state index < -0.39 is 5.97 Å². The Morgan fingerprint density at radius 3 is 2.44 bits per heavy atom. The van der Waals surface area contributed by atoms with E-state index >= 15 is 0 Å². The Morgan fingerprint density at radius 1 is 1.25 bits per heavy atom. The Morgan fingerprint density at radius 2 is 1.88 bits per heavy atom. The predicted molar refractivity (Wildman–Crippen MR) is 71.7 cm³/mol. The summed E-state index contributed by atoms with van der Waals surface area (Å²) in [4.78, 5) is 10.3. The molecule has 2 nitrogen and oxygen atoms in total. The number of hydrogen-bond acceptors (Lipinski definition) is 2. The topological polar surface area (TPSA) is 37.3 Å². The molecule has 0 bridgehead atoms. The van der Waals surface area contributed by atoms with Crippen molar-refractivity contribution >= 4 is 17.7 Å². The number of carboxylic acid groups (broad SMARTS) is 1. The van der Waals surface area contributed by atoms with Crippen LogP contribution in [0.5, 0.6) is 0 Å². The molecule has 0 saturated carbocycles. The van der Waals surface area contributed by atoms with Crippen LogP contribution >= 0.6 is 11.8 Å². The molecular formula is C13H20O2S. The lowest BCUT2D eigenvalue weighted by Crippen LogP contribution is -1.94. The minimum Gasteiger partial charge on any atom is -0.481 e. The summed E-state index contributed by atoms with van der Waals surface area (Å²) in [6, 6.07) is 0. The third-order valence-electron chi connectivity index (χ3n) is 1.99. The summed E-state index contributed by atoms with van der Waals surface area (Å²) in [6.45, 7) is 6.12. The van der Waals surface area contributed by atoms with Gasteiger partial charge in [-0.1, -0.05) is 23.8 Å². The van der Waals surface area contributed by atoms with E-state index in [0.717, 1.165) is 12.2 Å². The Hall–Kier alpha value is -0.960. The van der Waals surface area contributed by atoms with E-state index in [-0.39, 0.29) is 6.42 Å². The van der Waals surface area contributed by atoms with Gasteiger partial charge >= 0.3 is 5.97 Å². The van der Waals surface area contributed by atoms with Gasteiger partial charge in [0.1, 0.15) is 0 Å². The van der Waals surface area contributed by atoms with Gasteiger partial charge in [-0.25, -0.2) is 0 Å². The maximum atomic E-state index is 10.3. The third-order valence-corrected chi connectivity index (χ3v) is 3.05. The lowest BCUT2D eigenvalue weighted by molar-refractivity contribution is -0.137. The fourth-order valence-electron chi connectivity index (χ4n) is 0.895. The summed E-state index contributed by atoms with van der Waals surface area (Å²) in [7, 11) is 0. The zero-order chi connectivity index (χ0) is 12.4. The van der Waals surface area contributed by atoms with Crippen molar-refractivity contribution in [1.29, 1.82) is 0 Å². The highest BCUT2D eigenvalue weighted by Gasteiger charge is 1.94. The minimum atomic E-state index is -0.718. The number of hydrogen-bond donors (Lipinski definition) is 1. The average Bonchev–Trinajstić information content (AvgIpc) is 2.24. The number of allylic oxidation sites excluding steroid dienone is 5. The molecule has 0 aromatic carbocycles. The van der Waals surface area contributed by atoms with Crippen molar-refractivity contribution in [2.75, 3.05) is 5.75 Å². The van der Waals surface area contributed by atoms with Crippen LogP contribution in [0.4, 0.5) is 0 Å². The first-order valence-electron chi connectivity index (χ1n) is 5.37. The maximum Gasteiger partial charge on any atom is 0.303 e. The summed E-state index contributed by atoms with van der Waals surface area (Å²) in [5.74, 6) is 0.144. The summed E-state index contributed by atoms with van der Waals surface area (Å²) >= 11 is 1.67. The molecule has 16 heavy (non-hydrogen) atoms. The molecule has 0 aliphatic rings. The second-order valence-electron chi connectivity index (χ2n) is 3.60. The van der Waals surface area contributed by atoms with Crippen molar-refractivity contribution in [2.24, 2.45) is 0 Å². The number of carboxylic acids is 1. The van der Waals surface area contributed by atoms with Crippen LogP contribution in [0.3, 0.4) is 0 Å². The highest BCUT2D eigenvalue weighted by Crippen LogP contribution is 2.11. The molecule has 0 saturated heterocycles. The minimum absolute atomic E-state index is 0.257. The Kier molecular flexibility index (Phi) is 8.72. The second-order valence-corrected chi connectivity index (χ2v) is 4.57. The molecule has 90 valence electrons. The van der Waals surface area contributed by atoms with Gasteiger partial charge in [0, 0.05) is 6.42 Å². The van der Waals surface area contributed by atoms with E-state index in [0.29, 0.717) is 0 Å². The summed E-state index contributed by atoms with van der Waals surface area (Å²) < 4.78 is 0. The SMILES string of the molecule is C\C=C(C)/C=C\C(C)=C\SCCCC(=O)O. The first kappa shape index (κ1) is 15.0. The quantitative estimate of drug-likeness (QED) is 0.539. The highest BCUT2D eigenvalue weighted by atomic mass is 32.2. The molecule has 0 spiro atoms. The normalized spacial score (nSPS) is 13.4. The second kappa shape index (κ2) is 9.28. The van der Waals surface area contributed by atoms with E-state index in [2.05, 4.69) is 30.6 Å². The van der Waals surface area contributed by atoms with Gasteiger partial charge < -0.3 is 5.11 Å². The molecule has 0 aromatic heterocycles. The first-order chi connectivity index (χ1) is 7.56. The van der Waals surface area contributed by atoms with Crippen molar-refractivity contribution in [3.63, 3.8) is 0 Å². The van der Waals surface area contributed by atoms with Crippen LogP contribution in [-0.2, 0) is 4.79 Å². The molecule has 0 radical (unpaired) electrons. The zero-order valence-corrected chi connectivity index (χ0v) is 11.0. The Balaban J connectivity index is 3.79. The van der Waals surface area contributed by atoms with Crippen molar-refractivity contribution in [3.8, 4) is 0 Å². The molecule has 0 aliphatic carbocycles. The predicted octanol–water partition coefficient (Wildman–Crippen LogP) is 4.01. The fraction of sp³-hybridized carbons (Fsp3) is 0.462. The van der Waals surface area contributed by atoms with E-state index in [4.69, 9.17) is 5.11 Å². The van der Waals surface area contributed by atoms with Crippen LogP contribution in [0.15, 0.2) is 34.8 Å². The van der Waals surface area contributed by atoms with Gasteiger partial charge in [-0.05, 0) is 43.9 Å². The van der Waals surface area contributed by atoms with Gasteiger partial charge in [-0.2, -0.15) is 0 Å². The van der Waals surface area contributed by atoms with E-state index in [9.17, 15) is 4.79 Å². The van der Waals surface area contributed by atoms with Gasteiger partial charge in [-0.3, -0.25) is 4.79 Å². The van der Waals surface area contributed by atoms with Crippen molar-refractivity contribution in [3.05, 3.63) is 34.8 Å². The largest absolute Gasteiger partial charge is 0.481 e. The zero-order valence-electron chi connectivity index (χ0n) is 10.2. The van der Waals surface area contributed by atoms with Crippen LogP contribution in [0.25, 0.3) is 0 Å². The average molecular weight is 240 g/mol. The molecule has 0 aliphatic heterocycles.